The molecule has 2 aromatic heterocycles. The second-order valence-electron chi connectivity index (χ2n) is 12.9. The summed E-state index contributed by atoms with van der Waals surface area (Å²) in [4.78, 5) is 52.5. The predicted octanol–water partition coefficient (Wildman–Crippen LogP) is 6.66. The number of nitrogens with zero attached hydrogens (tertiary/aromatic N) is 4. The van der Waals surface area contributed by atoms with E-state index >= 15 is 0 Å². The monoisotopic (exact) mass is 610 g/mol. The molecule has 1 saturated carbocycles. The van der Waals surface area contributed by atoms with Crippen molar-refractivity contribution in [1.82, 2.24) is 19.8 Å². The highest BCUT2D eigenvalue weighted by Crippen LogP contribution is 2.53. The molecule has 1 aliphatic carbocycles. The third-order valence-corrected chi connectivity index (χ3v) is 10.7. The van der Waals surface area contributed by atoms with E-state index in [1.165, 1.54) is 0 Å². The number of rotatable bonds is 7. The number of ether oxygens (including phenoxy) is 1. The fourth-order valence-corrected chi connectivity index (χ4v) is 8.33. The molecule has 0 unspecified atom stereocenters. The fourth-order valence-electron chi connectivity index (χ4n) is 7.45. The predicted molar refractivity (Wildman–Crippen MR) is 171 cm³/mol. The lowest BCUT2D eigenvalue weighted by Gasteiger charge is -2.52. The molecule has 0 N–H and O–H groups in total. The summed E-state index contributed by atoms with van der Waals surface area (Å²) in [5, 5.41) is 1.58. The van der Waals surface area contributed by atoms with Gasteiger partial charge in [0, 0.05) is 38.0 Å². The normalized spacial score (nSPS) is 18.5. The van der Waals surface area contributed by atoms with Gasteiger partial charge in [0.2, 0.25) is 0 Å². The third kappa shape index (κ3) is 5.82. The highest BCUT2D eigenvalue weighted by atomic mass is 32.1. The molecule has 0 atom stereocenters. The van der Waals surface area contributed by atoms with Crippen LogP contribution in [-0.4, -0.2) is 63.5 Å². The Balaban J connectivity index is 1.12. The standard InChI is InChI=1S/C35H38N4O4S/c1-23(40)17-24-20-35(21-24)11-15-39(16-12-35)34(42)30-19-27(33(41)38-13-5-2-6-14-38)26-18-25(9-10-28(26)36-30)43-22-32-37-29-7-3-4-8-31(29)44-32/h3-4,7-10,18-19,24H,2,5-6,11-17,20-22H2,1H3. The van der Waals surface area contributed by atoms with Crippen LogP contribution < -0.4 is 4.74 Å². The van der Waals surface area contributed by atoms with E-state index < -0.39 is 0 Å². The number of ketones is 1. The molecule has 44 heavy (non-hydrogen) atoms. The van der Waals surface area contributed by atoms with Gasteiger partial charge in [0.05, 0.1) is 21.3 Å². The lowest BCUT2D eigenvalue weighted by molar-refractivity contribution is -0.120. The van der Waals surface area contributed by atoms with Crippen molar-refractivity contribution in [2.24, 2.45) is 11.3 Å². The summed E-state index contributed by atoms with van der Waals surface area (Å²) in [5.74, 6) is 1.22. The first-order valence-corrected chi connectivity index (χ1v) is 16.7. The van der Waals surface area contributed by atoms with Gasteiger partial charge < -0.3 is 19.3 Å². The third-order valence-electron chi connectivity index (χ3n) is 9.70. The van der Waals surface area contributed by atoms with Crippen molar-refractivity contribution in [3.8, 4) is 5.75 Å². The molecule has 3 aliphatic rings. The Kier molecular flexibility index (Phi) is 7.83. The molecule has 228 valence electrons. The van der Waals surface area contributed by atoms with Crippen LogP contribution in [0.2, 0.25) is 0 Å². The Hall–Kier alpha value is -3.85. The minimum atomic E-state index is -0.120. The first-order valence-electron chi connectivity index (χ1n) is 15.9. The van der Waals surface area contributed by atoms with Crippen LogP contribution in [0, 0.1) is 11.3 Å². The Morgan fingerprint density at radius 3 is 2.39 bits per heavy atom. The summed E-state index contributed by atoms with van der Waals surface area (Å²) < 4.78 is 7.27. The summed E-state index contributed by atoms with van der Waals surface area (Å²) in [7, 11) is 0. The number of benzene rings is 2. The fraction of sp³-hybridized carbons (Fsp3) is 0.457. The molecule has 2 aromatic carbocycles. The van der Waals surface area contributed by atoms with E-state index in [1.807, 2.05) is 46.2 Å². The number of carbonyl (C=O) groups excluding carboxylic acids is 3. The molecule has 2 amide bonds. The van der Waals surface area contributed by atoms with Gasteiger partial charge in [-0.05, 0) is 99.6 Å². The number of likely N-dealkylation sites (tertiary alicyclic amines) is 2. The summed E-state index contributed by atoms with van der Waals surface area (Å²) >= 11 is 1.61. The first-order chi connectivity index (χ1) is 21.4. The summed E-state index contributed by atoms with van der Waals surface area (Å²) in [5.41, 5.74) is 2.66. The Morgan fingerprint density at radius 1 is 0.886 bits per heavy atom. The number of carbonyl (C=O) groups is 3. The van der Waals surface area contributed by atoms with Crippen LogP contribution >= 0.6 is 11.3 Å². The van der Waals surface area contributed by atoms with Gasteiger partial charge in [-0.25, -0.2) is 9.97 Å². The van der Waals surface area contributed by atoms with Gasteiger partial charge in [-0.15, -0.1) is 11.3 Å². The number of para-hydroxylation sites is 1. The summed E-state index contributed by atoms with van der Waals surface area (Å²) in [6, 6.07) is 15.3. The number of thiazole rings is 1. The van der Waals surface area contributed by atoms with Crippen molar-refractivity contribution in [1.29, 1.82) is 0 Å². The van der Waals surface area contributed by atoms with E-state index in [-0.39, 0.29) is 23.0 Å². The smallest absolute Gasteiger partial charge is 0.272 e. The van der Waals surface area contributed by atoms with Gasteiger partial charge in [0.15, 0.2) is 0 Å². The molecule has 0 bridgehead atoms. The zero-order valence-electron chi connectivity index (χ0n) is 25.2. The second-order valence-corrected chi connectivity index (χ2v) is 14.0. The first kappa shape index (κ1) is 28.9. The number of amides is 2. The van der Waals surface area contributed by atoms with Crippen LogP contribution in [0.25, 0.3) is 21.1 Å². The van der Waals surface area contributed by atoms with E-state index in [9.17, 15) is 14.4 Å². The molecule has 4 aromatic rings. The second kappa shape index (κ2) is 11.9. The molecule has 1 spiro atoms. The number of piperidine rings is 2. The van der Waals surface area contributed by atoms with Gasteiger partial charge >= 0.3 is 0 Å². The van der Waals surface area contributed by atoms with Crippen molar-refractivity contribution >= 4 is 50.1 Å². The number of pyridine rings is 1. The minimum absolute atomic E-state index is 0.0574. The van der Waals surface area contributed by atoms with Gasteiger partial charge in [0.25, 0.3) is 11.8 Å². The van der Waals surface area contributed by atoms with Crippen LogP contribution in [0.4, 0.5) is 0 Å². The minimum Gasteiger partial charge on any atom is -0.486 e. The Labute approximate surface area is 261 Å². The molecular formula is C35H38N4O4S. The number of aromatic nitrogens is 2. The lowest BCUT2D eigenvalue weighted by atomic mass is 9.56. The topological polar surface area (TPSA) is 92.7 Å². The van der Waals surface area contributed by atoms with Gasteiger partial charge in [-0.1, -0.05) is 12.1 Å². The van der Waals surface area contributed by atoms with Crippen LogP contribution in [0.1, 0.15) is 84.1 Å². The van der Waals surface area contributed by atoms with Crippen molar-refractivity contribution in [3.63, 3.8) is 0 Å². The average Bonchev–Trinajstić information content (AvgIpc) is 3.45. The highest BCUT2D eigenvalue weighted by molar-refractivity contribution is 7.18. The quantitative estimate of drug-likeness (QED) is 0.232. The van der Waals surface area contributed by atoms with Crippen LogP contribution in [0.5, 0.6) is 5.75 Å². The SMILES string of the molecule is CC(=O)CC1CC2(CCN(C(=O)c3cc(C(=O)N4CCCCC4)c4cc(OCc5nc6ccccc6s5)ccc4n3)CC2)C1. The number of fused-ring (bicyclic) bond motifs is 2. The van der Waals surface area contributed by atoms with Gasteiger partial charge in [0.1, 0.15) is 28.8 Å². The van der Waals surface area contributed by atoms with Gasteiger partial charge in [-0.2, -0.15) is 0 Å². The molecule has 0 radical (unpaired) electrons. The Bertz CT molecular complexity index is 1690. The van der Waals surface area contributed by atoms with Crippen LogP contribution in [0.3, 0.4) is 0 Å². The zero-order chi connectivity index (χ0) is 30.3. The van der Waals surface area contributed by atoms with Crippen LogP contribution in [-0.2, 0) is 11.4 Å². The molecule has 4 heterocycles. The maximum absolute atomic E-state index is 13.9. The van der Waals surface area contributed by atoms with Crippen molar-refractivity contribution in [3.05, 3.63) is 64.8 Å². The lowest BCUT2D eigenvalue weighted by Crippen LogP contribution is -2.49. The molecule has 8 nitrogen and oxygen atoms in total. The molecular weight excluding hydrogens is 572 g/mol. The molecule has 9 heteroatoms. The van der Waals surface area contributed by atoms with E-state index in [2.05, 4.69) is 11.1 Å². The zero-order valence-corrected chi connectivity index (χ0v) is 26.0. The number of Topliss-reactive ketones (excluding diaryl/α,β-unsaturated/α-hetero) is 1. The van der Waals surface area contributed by atoms with Crippen molar-refractivity contribution < 1.29 is 19.1 Å². The Morgan fingerprint density at radius 2 is 1.64 bits per heavy atom. The van der Waals surface area contributed by atoms with Crippen LogP contribution in [0.15, 0.2) is 48.5 Å². The summed E-state index contributed by atoms with van der Waals surface area (Å²) in [6.07, 6.45) is 7.85. The number of hydrogen-bond acceptors (Lipinski definition) is 7. The molecule has 7 rings (SSSR count). The molecule has 3 fully saturated rings. The van der Waals surface area contributed by atoms with Gasteiger partial charge in [-0.3, -0.25) is 9.59 Å². The van der Waals surface area contributed by atoms with E-state index in [0.29, 0.717) is 59.9 Å². The highest BCUT2D eigenvalue weighted by Gasteiger charge is 2.46. The maximum atomic E-state index is 13.9. The average molecular weight is 611 g/mol. The molecule has 2 saturated heterocycles. The largest absolute Gasteiger partial charge is 0.486 e. The van der Waals surface area contributed by atoms with E-state index in [1.54, 1.807) is 24.3 Å². The molecule has 2 aliphatic heterocycles. The van der Waals surface area contributed by atoms with E-state index in [0.717, 1.165) is 73.3 Å². The summed E-state index contributed by atoms with van der Waals surface area (Å²) in [6.45, 7) is 4.80. The van der Waals surface area contributed by atoms with Crippen molar-refractivity contribution in [2.75, 3.05) is 26.2 Å². The number of hydrogen-bond donors (Lipinski definition) is 0. The van der Waals surface area contributed by atoms with Crippen molar-refractivity contribution in [2.45, 2.75) is 64.9 Å². The maximum Gasteiger partial charge on any atom is 0.272 e. The van der Waals surface area contributed by atoms with E-state index in [4.69, 9.17) is 9.72 Å².